The predicted octanol–water partition coefficient (Wildman–Crippen LogP) is 4.06. The van der Waals surface area contributed by atoms with E-state index in [0.717, 1.165) is 46.6 Å². The van der Waals surface area contributed by atoms with Crippen molar-refractivity contribution in [2.24, 2.45) is 0 Å². The molecule has 2 N–H and O–H groups in total. The second kappa shape index (κ2) is 11.5. The molecule has 0 radical (unpaired) electrons. The second-order valence-electron chi connectivity index (χ2n) is 8.67. The number of hydrogen-bond acceptors (Lipinski definition) is 6. The number of aliphatic carboxylic acids is 1. The maximum Gasteiger partial charge on any atom is 0.303 e. The molecule has 0 saturated carbocycles. The summed E-state index contributed by atoms with van der Waals surface area (Å²) >= 11 is 0. The van der Waals surface area contributed by atoms with Crippen LogP contribution in [0.25, 0.3) is 22.5 Å². The van der Waals surface area contributed by atoms with Crippen LogP contribution in [-0.4, -0.2) is 41.3 Å². The lowest BCUT2D eigenvalue weighted by atomic mass is 9.98. The van der Waals surface area contributed by atoms with Gasteiger partial charge in [-0.1, -0.05) is 68.8 Å². The van der Waals surface area contributed by atoms with Crippen LogP contribution >= 0.6 is 0 Å². The first-order valence-corrected chi connectivity index (χ1v) is 12.3. The molecule has 9 nitrogen and oxygen atoms in total. The van der Waals surface area contributed by atoms with Crippen LogP contribution in [0.5, 0.6) is 0 Å². The van der Waals surface area contributed by atoms with Gasteiger partial charge in [0.2, 0.25) is 5.82 Å². The number of H-pyrrole nitrogens is 1. The highest BCUT2D eigenvalue weighted by Crippen LogP contribution is 2.30. The molecule has 0 aliphatic heterocycles. The van der Waals surface area contributed by atoms with E-state index in [1.165, 1.54) is 0 Å². The van der Waals surface area contributed by atoms with Gasteiger partial charge in [-0.25, -0.2) is 0 Å². The Labute approximate surface area is 209 Å². The Morgan fingerprint density at radius 3 is 2.42 bits per heavy atom. The Bertz CT molecular complexity index is 1380. The van der Waals surface area contributed by atoms with Gasteiger partial charge in [0, 0.05) is 36.2 Å². The number of carboxylic acids is 1. The third-order valence-corrected chi connectivity index (χ3v) is 6.27. The number of carbonyl (C=O) groups is 1. The summed E-state index contributed by atoms with van der Waals surface area (Å²) in [6, 6.07) is 16.2. The first-order valence-electron chi connectivity index (χ1n) is 12.3. The highest BCUT2D eigenvalue weighted by atomic mass is 16.4. The Morgan fingerprint density at radius 2 is 1.78 bits per heavy atom. The molecule has 4 rings (SSSR count). The number of aromatic nitrogens is 6. The highest BCUT2D eigenvalue weighted by Gasteiger charge is 2.17. The first-order chi connectivity index (χ1) is 17.5. The normalized spacial score (nSPS) is 11.1. The molecule has 0 aliphatic carbocycles. The van der Waals surface area contributed by atoms with Crippen molar-refractivity contribution in [3.63, 3.8) is 0 Å². The summed E-state index contributed by atoms with van der Waals surface area (Å²) in [5.74, 6) is 0.370. The third kappa shape index (κ3) is 5.56. The lowest BCUT2D eigenvalue weighted by Gasteiger charge is -2.20. The quantitative estimate of drug-likeness (QED) is 0.327. The van der Waals surface area contributed by atoms with Crippen molar-refractivity contribution in [2.75, 3.05) is 0 Å². The van der Waals surface area contributed by atoms with E-state index in [1.807, 2.05) is 31.2 Å². The molecule has 9 heteroatoms. The lowest BCUT2D eigenvalue weighted by molar-refractivity contribution is -0.136. The van der Waals surface area contributed by atoms with Crippen molar-refractivity contribution in [1.82, 2.24) is 30.2 Å². The molecule has 2 heterocycles. The SMILES string of the molecule is CCCCc1nc(=O)c(CCC(=O)O)c(CC)n1Cc1ccc(-c2ccccc2-c2nn[nH]n2)cc1. The van der Waals surface area contributed by atoms with Crippen LogP contribution in [0.3, 0.4) is 0 Å². The number of aromatic amines is 1. The zero-order chi connectivity index (χ0) is 25.5. The molecule has 2 aromatic carbocycles. The van der Waals surface area contributed by atoms with E-state index in [2.05, 4.69) is 61.4 Å². The molecule has 0 spiro atoms. The molecule has 0 saturated heterocycles. The lowest BCUT2D eigenvalue weighted by Crippen LogP contribution is -2.27. The molecule has 186 valence electrons. The van der Waals surface area contributed by atoms with Crippen LogP contribution in [0.4, 0.5) is 0 Å². The number of carboxylic acid groups (broad SMARTS) is 1. The molecule has 4 aromatic rings. The topological polar surface area (TPSA) is 127 Å². The number of hydrogen-bond donors (Lipinski definition) is 2. The van der Waals surface area contributed by atoms with Gasteiger partial charge < -0.3 is 9.67 Å². The van der Waals surface area contributed by atoms with Gasteiger partial charge in [-0.2, -0.15) is 10.2 Å². The summed E-state index contributed by atoms with van der Waals surface area (Å²) in [6.45, 7) is 4.66. The summed E-state index contributed by atoms with van der Waals surface area (Å²) in [5, 5.41) is 23.6. The van der Waals surface area contributed by atoms with Gasteiger partial charge >= 0.3 is 5.97 Å². The molecule has 0 aliphatic rings. The number of aryl methyl sites for hydroxylation is 1. The van der Waals surface area contributed by atoms with Crippen LogP contribution in [0, 0.1) is 0 Å². The van der Waals surface area contributed by atoms with E-state index >= 15 is 0 Å². The van der Waals surface area contributed by atoms with Crippen LogP contribution < -0.4 is 5.56 Å². The second-order valence-corrected chi connectivity index (χ2v) is 8.67. The third-order valence-electron chi connectivity index (χ3n) is 6.27. The van der Waals surface area contributed by atoms with E-state index in [0.29, 0.717) is 30.8 Å². The zero-order valence-electron chi connectivity index (χ0n) is 20.6. The molecule has 0 unspecified atom stereocenters. The van der Waals surface area contributed by atoms with Crippen molar-refractivity contribution < 1.29 is 9.90 Å². The minimum atomic E-state index is -0.922. The van der Waals surface area contributed by atoms with Crippen molar-refractivity contribution in [3.05, 3.63) is 81.5 Å². The summed E-state index contributed by atoms with van der Waals surface area (Å²) in [5.41, 5.74) is 5.06. The summed E-state index contributed by atoms with van der Waals surface area (Å²) in [4.78, 5) is 28.4. The van der Waals surface area contributed by atoms with Gasteiger partial charge in [0.1, 0.15) is 5.82 Å². The van der Waals surface area contributed by atoms with Gasteiger partial charge in [-0.05, 0) is 41.2 Å². The standard InChI is InChI=1S/C27H30N6O3/c1-3-5-10-24-28-27(36)22(15-16-25(34)35)23(4-2)33(24)17-18-11-13-19(14-12-18)20-8-6-7-9-21(20)26-29-31-32-30-26/h6-9,11-14H,3-5,10,15-17H2,1-2H3,(H,34,35)(H,29,30,31,32). The smallest absolute Gasteiger partial charge is 0.303 e. The first kappa shape index (κ1) is 25.0. The van der Waals surface area contributed by atoms with E-state index < -0.39 is 5.97 Å². The van der Waals surface area contributed by atoms with Gasteiger partial charge in [0.25, 0.3) is 5.56 Å². The van der Waals surface area contributed by atoms with Crippen LogP contribution in [0.15, 0.2) is 53.3 Å². The fraction of sp³-hybridized carbons (Fsp3) is 0.333. The molecule has 0 atom stereocenters. The number of nitrogens with one attached hydrogen (secondary N) is 1. The van der Waals surface area contributed by atoms with Crippen LogP contribution in [0.2, 0.25) is 0 Å². The van der Waals surface area contributed by atoms with Crippen molar-refractivity contribution in [2.45, 2.75) is 58.9 Å². The van der Waals surface area contributed by atoms with Crippen LogP contribution in [-0.2, 0) is 30.6 Å². The average molecular weight is 487 g/mol. The summed E-state index contributed by atoms with van der Waals surface area (Å²) in [7, 11) is 0. The molecule has 0 bridgehead atoms. The highest BCUT2D eigenvalue weighted by molar-refractivity contribution is 5.80. The Hall–Kier alpha value is -4.14. The van der Waals surface area contributed by atoms with Gasteiger partial charge in [-0.3, -0.25) is 9.59 Å². The predicted molar refractivity (Wildman–Crippen MR) is 137 cm³/mol. The molecule has 0 amide bonds. The number of nitrogens with zero attached hydrogens (tertiary/aromatic N) is 5. The minimum Gasteiger partial charge on any atom is -0.481 e. The summed E-state index contributed by atoms with van der Waals surface area (Å²) < 4.78 is 2.11. The maximum atomic E-state index is 12.8. The molecule has 2 aromatic heterocycles. The summed E-state index contributed by atoms with van der Waals surface area (Å²) in [6.07, 6.45) is 3.34. The Balaban J connectivity index is 1.69. The van der Waals surface area contributed by atoms with E-state index in [9.17, 15) is 9.59 Å². The van der Waals surface area contributed by atoms with Gasteiger partial charge in [0.15, 0.2) is 0 Å². The fourth-order valence-electron chi connectivity index (χ4n) is 4.47. The Morgan fingerprint density at radius 1 is 1.03 bits per heavy atom. The molecule has 0 fully saturated rings. The van der Waals surface area contributed by atoms with E-state index in [1.54, 1.807) is 0 Å². The maximum absolute atomic E-state index is 12.8. The number of tetrazole rings is 1. The van der Waals surface area contributed by atoms with E-state index in [4.69, 9.17) is 5.11 Å². The van der Waals surface area contributed by atoms with Crippen LogP contribution in [0.1, 0.15) is 55.8 Å². The minimum absolute atomic E-state index is 0.0906. The molecule has 36 heavy (non-hydrogen) atoms. The Kier molecular flexibility index (Phi) is 7.99. The number of unbranched alkanes of at least 4 members (excludes halogenated alkanes) is 1. The van der Waals surface area contributed by atoms with E-state index in [-0.39, 0.29) is 18.4 Å². The van der Waals surface area contributed by atoms with Gasteiger partial charge in [-0.15, -0.1) is 10.2 Å². The van der Waals surface area contributed by atoms with Crippen molar-refractivity contribution in [1.29, 1.82) is 0 Å². The fourth-order valence-corrected chi connectivity index (χ4v) is 4.47. The number of rotatable bonds is 11. The zero-order valence-corrected chi connectivity index (χ0v) is 20.6. The largest absolute Gasteiger partial charge is 0.481 e. The number of benzene rings is 2. The van der Waals surface area contributed by atoms with Crippen molar-refractivity contribution >= 4 is 5.97 Å². The molecular weight excluding hydrogens is 456 g/mol. The average Bonchev–Trinajstić information content (AvgIpc) is 3.43. The molecular formula is C27H30N6O3. The van der Waals surface area contributed by atoms with Crippen molar-refractivity contribution in [3.8, 4) is 22.5 Å². The monoisotopic (exact) mass is 486 g/mol. The van der Waals surface area contributed by atoms with Gasteiger partial charge in [0.05, 0.1) is 0 Å².